The third kappa shape index (κ3) is 7.22. The van der Waals surface area contributed by atoms with Crippen molar-refractivity contribution >= 4 is 0 Å². The van der Waals surface area contributed by atoms with E-state index in [1.807, 2.05) is 6.92 Å². The van der Waals surface area contributed by atoms with Crippen LogP contribution in [0.3, 0.4) is 0 Å². The number of nitrogens with zero attached hydrogens (tertiary/aromatic N) is 1. The van der Waals surface area contributed by atoms with Crippen molar-refractivity contribution in [2.75, 3.05) is 53.1 Å². The van der Waals surface area contributed by atoms with Crippen LogP contribution in [0.5, 0.6) is 0 Å². The first-order chi connectivity index (χ1) is 9.13. The molecule has 1 rings (SSSR count). The van der Waals surface area contributed by atoms with Crippen molar-refractivity contribution in [2.45, 2.75) is 32.4 Å². The minimum atomic E-state index is -0.437. The van der Waals surface area contributed by atoms with E-state index in [-0.39, 0.29) is 0 Å². The summed E-state index contributed by atoms with van der Waals surface area (Å²) in [7, 11) is 2.16. The predicted molar refractivity (Wildman–Crippen MR) is 76.4 cm³/mol. The van der Waals surface area contributed by atoms with E-state index in [0.29, 0.717) is 44.9 Å². The molecule has 0 aromatic heterocycles. The second-order valence-electron chi connectivity index (χ2n) is 5.47. The third-order valence-electron chi connectivity index (χ3n) is 3.61. The smallest absolute Gasteiger partial charge is 0.0897 e. The highest BCUT2D eigenvalue weighted by Crippen LogP contribution is 2.15. The molecule has 0 aromatic carbocycles. The van der Waals surface area contributed by atoms with Gasteiger partial charge in [-0.25, -0.2) is 0 Å². The summed E-state index contributed by atoms with van der Waals surface area (Å²) in [5, 5.41) is 13.3. The van der Waals surface area contributed by atoms with E-state index in [9.17, 15) is 5.11 Å². The molecule has 19 heavy (non-hydrogen) atoms. The molecule has 0 bridgehead atoms. The fraction of sp³-hybridized carbons (Fsp3) is 1.00. The Morgan fingerprint density at radius 2 is 2.11 bits per heavy atom. The fourth-order valence-corrected chi connectivity index (χ4v) is 2.49. The number of aliphatic hydroxyl groups is 1. The van der Waals surface area contributed by atoms with E-state index >= 15 is 0 Å². The summed E-state index contributed by atoms with van der Waals surface area (Å²) in [5.74, 6) is 0.629. The molecule has 5 nitrogen and oxygen atoms in total. The summed E-state index contributed by atoms with van der Waals surface area (Å²) >= 11 is 0. The molecule has 1 saturated heterocycles. The highest BCUT2D eigenvalue weighted by molar-refractivity contribution is 4.82. The van der Waals surface area contributed by atoms with Crippen molar-refractivity contribution in [1.29, 1.82) is 0 Å². The van der Waals surface area contributed by atoms with Gasteiger partial charge in [-0.1, -0.05) is 6.92 Å². The summed E-state index contributed by atoms with van der Waals surface area (Å²) in [4.78, 5) is 2.36. The second kappa shape index (κ2) is 9.66. The molecule has 3 unspecified atom stereocenters. The second-order valence-corrected chi connectivity index (χ2v) is 5.47. The lowest BCUT2D eigenvalue weighted by molar-refractivity contribution is 0.00432. The van der Waals surface area contributed by atoms with E-state index < -0.39 is 6.10 Å². The van der Waals surface area contributed by atoms with E-state index in [4.69, 9.17) is 9.47 Å². The SMILES string of the molecule is CCOCCOCC(O)CNC1CCN(C)CC1C. The Morgan fingerprint density at radius 1 is 1.37 bits per heavy atom. The lowest BCUT2D eigenvalue weighted by Crippen LogP contribution is -2.49. The molecule has 1 aliphatic heterocycles. The average Bonchev–Trinajstić information content (AvgIpc) is 2.37. The summed E-state index contributed by atoms with van der Waals surface area (Å²) in [6.07, 6.45) is 0.712. The minimum absolute atomic E-state index is 0.376. The van der Waals surface area contributed by atoms with Crippen LogP contribution in [-0.2, 0) is 9.47 Å². The van der Waals surface area contributed by atoms with Crippen LogP contribution in [0.1, 0.15) is 20.3 Å². The number of ether oxygens (including phenoxy) is 2. The van der Waals surface area contributed by atoms with Crippen LogP contribution in [0.25, 0.3) is 0 Å². The number of hydrogen-bond acceptors (Lipinski definition) is 5. The maximum absolute atomic E-state index is 9.84. The maximum atomic E-state index is 9.84. The quantitative estimate of drug-likeness (QED) is 0.594. The minimum Gasteiger partial charge on any atom is -0.389 e. The Hall–Kier alpha value is -0.200. The number of aliphatic hydroxyl groups excluding tert-OH is 1. The van der Waals surface area contributed by atoms with Gasteiger partial charge in [0.2, 0.25) is 0 Å². The predicted octanol–water partition coefficient (Wildman–Crippen LogP) is 0.330. The summed E-state index contributed by atoms with van der Waals surface area (Å²) in [6.45, 7) is 9.31. The van der Waals surface area contributed by atoms with Crippen molar-refractivity contribution in [3.63, 3.8) is 0 Å². The molecule has 2 N–H and O–H groups in total. The molecule has 1 aliphatic rings. The molecule has 114 valence electrons. The molecule has 3 atom stereocenters. The topological polar surface area (TPSA) is 54.0 Å². The van der Waals surface area contributed by atoms with Gasteiger partial charge in [0.15, 0.2) is 0 Å². The Kier molecular flexibility index (Phi) is 8.57. The highest BCUT2D eigenvalue weighted by Gasteiger charge is 2.24. The number of nitrogens with one attached hydrogen (secondary N) is 1. The number of likely N-dealkylation sites (tertiary alicyclic amines) is 1. The van der Waals surface area contributed by atoms with Gasteiger partial charge in [-0.2, -0.15) is 0 Å². The normalized spacial score (nSPS) is 26.5. The Bertz CT molecular complexity index is 229. The van der Waals surface area contributed by atoms with Crippen LogP contribution in [0.15, 0.2) is 0 Å². The van der Waals surface area contributed by atoms with Gasteiger partial charge >= 0.3 is 0 Å². The Labute approximate surface area is 117 Å². The van der Waals surface area contributed by atoms with Crippen molar-refractivity contribution in [2.24, 2.45) is 5.92 Å². The van der Waals surface area contributed by atoms with Gasteiger partial charge in [-0.05, 0) is 32.9 Å². The fourth-order valence-electron chi connectivity index (χ4n) is 2.49. The third-order valence-corrected chi connectivity index (χ3v) is 3.61. The molecule has 0 saturated carbocycles. The van der Waals surface area contributed by atoms with Crippen LogP contribution in [0.2, 0.25) is 0 Å². The molecule has 1 heterocycles. The first-order valence-electron chi connectivity index (χ1n) is 7.39. The lowest BCUT2D eigenvalue weighted by atomic mass is 9.94. The molecule has 0 amide bonds. The van der Waals surface area contributed by atoms with E-state index in [0.717, 1.165) is 19.5 Å². The molecule has 1 fully saturated rings. The van der Waals surface area contributed by atoms with Crippen LogP contribution >= 0.6 is 0 Å². The van der Waals surface area contributed by atoms with E-state index in [1.165, 1.54) is 0 Å². The van der Waals surface area contributed by atoms with Gasteiger partial charge in [0, 0.05) is 25.7 Å². The number of piperidine rings is 1. The zero-order valence-corrected chi connectivity index (χ0v) is 12.6. The van der Waals surface area contributed by atoms with Gasteiger partial charge in [-0.15, -0.1) is 0 Å². The van der Waals surface area contributed by atoms with Crippen LogP contribution < -0.4 is 5.32 Å². The van der Waals surface area contributed by atoms with Gasteiger partial charge < -0.3 is 24.8 Å². The van der Waals surface area contributed by atoms with Gasteiger partial charge in [0.05, 0.1) is 25.9 Å². The van der Waals surface area contributed by atoms with E-state index in [2.05, 4.69) is 24.2 Å². The van der Waals surface area contributed by atoms with Crippen LogP contribution in [0.4, 0.5) is 0 Å². The first-order valence-corrected chi connectivity index (χ1v) is 7.39. The highest BCUT2D eigenvalue weighted by atomic mass is 16.5. The van der Waals surface area contributed by atoms with Gasteiger partial charge in [0.1, 0.15) is 0 Å². The summed E-state index contributed by atoms with van der Waals surface area (Å²) < 4.78 is 10.5. The lowest BCUT2D eigenvalue weighted by Gasteiger charge is -2.35. The molecule has 0 aliphatic carbocycles. The van der Waals surface area contributed by atoms with E-state index in [1.54, 1.807) is 0 Å². The number of hydrogen-bond donors (Lipinski definition) is 2. The van der Waals surface area contributed by atoms with Crippen molar-refractivity contribution in [1.82, 2.24) is 10.2 Å². The van der Waals surface area contributed by atoms with Crippen molar-refractivity contribution in [3.05, 3.63) is 0 Å². The first kappa shape index (κ1) is 16.9. The average molecular weight is 274 g/mol. The van der Waals surface area contributed by atoms with Crippen molar-refractivity contribution in [3.8, 4) is 0 Å². The van der Waals surface area contributed by atoms with Gasteiger partial charge in [-0.3, -0.25) is 0 Å². The zero-order chi connectivity index (χ0) is 14.1. The summed E-state index contributed by atoms with van der Waals surface area (Å²) in [6, 6.07) is 0.509. The Balaban J connectivity index is 2.04. The maximum Gasteiger partial charge on any atom is 0.0897 e. The standard InChI is InChI=1S/C14H30N2O3/c1-4-18-7-8-19-11-13(17)9-15-14-5-6-16(3)10-12(14)2/h12-15,17H,4-11H2,1-3H3. The molecule has 0 spiro atoms. The molecule has 0 radical (unpaired) electrons. The van der Waals surface area contributed by atoms with Crippen LogP contribution in [0, 0.1) is 5.92 Å². The van der Waals surface area contributed by atoms with Crippen molar-refractivity contribution < 1.29 is 14.6 Å². The molecular formula is C14H30N2O3. The zero-order valence-electron chi connectivity index (χ0n) is 12.6. The van der Waals surface area contributed by atoms with Crippen LogP contribution in [-0.4, -0.2) is 75.3 Å². The number of rotatable bonds is 9. The Morgan fingerprint density at radius 3 is 2.79 bits per heavy atom. The molecule has 0 aromatic rings. The molecule has 5 heteroatoms. The largest absolute Gasteiger partial charge is 0.389 e. The van der Waals surface area contributed by atoms with Gasteiger partial charge in [0.25, 0.3) is 0 Å². The summed E-state index contributed by atoms with van der Waals surface area (Å²) in [5.41, 5.74) is 0. The monoisotopic (exact) mass is 274 g/mol. The molecular weight excluding hydrogens is 244 g/mol.